The van der Waals surface area contributed by atoms with Crippen LogP contribution in [0.3, 0.4) is 0 Å². The number of ether oxygens (including phenoxy) is 3. The summed E-state index contributed by atoms with van der Waals surface area (Å²) in [6.07, 6.45) is 4.41. The van der Waals surface area contributed by atoms with Gasteiger partial charge in [-0.2, -0.15) is 0 Å². The third-order valence-electron chi connectivity index (χ3n) is 8.20. The molecule has 3 atom stereocenters. The first-order valence-corrected chi connectivity index (χ1v) is 14.5. The molecule has 222 valence electrons. The normalized spacial score (nSPS) is 22.5. The average Bonchev–Trinajstić information content (AvgIpc) is 3.03. The maximum atomic E-state index is 14.7. The van der Waals surface area contributed by atoms with Gasteiger partial charge in [0.2, 0.25) is 11.8 Å². The molecule has 2 aromatic carbocycles. The van der Waals surface area contributed by atoms with Crippen molar-refractivity contribution in [1.82, 2.24) is 15.5 Å². The van der Waals surface area contributed by atoms with Gasteiger partial charge in [0.1, 0.15) is 29.0 Å². The van der Waals surface area contributed by atoms with Gasteiger partial charge in [-0.3, -0.25) is 9.59 Å². The van der Waals surface area contributed by atoms with Crippen molar-refractivity contribution in [3.05, 3.63) is 64.1 Å². The molecule has 41 heavy (non-hydrogen) atoms. The lowest BCUT2D eigenvalue weighted by Gasteiger charge is -2.42. The van der Waals surface area contributed by atoms with E-state index in [0.29, 0.717) is 44.0 Å². The van der Waals surface area contributed by atoms with Crippen molar-refractivity contribution in [2.24, 2.45) is 0 Å². The molecule has 0 radical (unpaired) electrons. The fraction of sp³-hybridized carbons (Fsp3) is 0.467. The largest absolute Gasteiger partial charge is 0.496 e. The quantitative estimate of drug-likeness (QED) is 0.441. The number of carbonyl (C=O) groups is 2. The third-order valence-corrected chi connectivity index (χ3v) is 8.69. The second-order valence-corrected chi connectivity index (χ2v) is 11.4. The summed E-state index contributed by atoms with van der Waals surface area (Å²) in [6, 6.07) is 7.81. The van der Waals surface area contributed by atoms with E-state index in [4.69, 9.17) is 14.2 Å². The van der Waals surface area contributed by atoms with Gasteiger partial charge in [0, 0.05) is 29.0 Å². The SMILES string of the molecule is CC[C@H](NC)C(=O)N[C@@H]1C(=O)N(Cc2c(OC)ccc3cc(Br)ccc23)C2CC=C(F)C=C2OC12CCOCC2.Cl. The van der Waals surface area contributed by atoms with Gasteiger partial charge in [0.05, 0.1) is 39.0 Å². The van der Waals surface area contributed by atoms with Gasteiger partial charge in [0.25, 0.3) is 0 Å². The summed E-state index contributed by atoms with van der Waals surface area (Å²) in [4.78, 5) is 29.7. The van der Waals surface area contributed by atoms with Gasteiger partial charge in [-0.15, -0.1) is 12.4 Å². The van der Waals surface area contributed by atoms with Crippen LogP contribution in [0.25, 0.3) is 10.8 Å². The van der Waals surface area contributed by atoms with Gasteiger partial charge in [-0.1, -0.05) is 35.0 Å². The molecule has 2 saturated heterocycles. The molecule has 1 unspecified atom stereocenters. The van der Waals surface area contributed by atoms with Crippen molar-refractivity contribution < 1.29 is 28.2 Å². The number of methoxy groups -OCH3 is 1. The first-order chi connectivity index (χ1) is 19.3. The van der Waals surface area contributed by atoms with Gasteiger partial charge >= 0.3 is 0 Å². The van der Waals surface area contributed by atoms with Gasteiger partial charge in [-0.05, 0) is 54.9 Å². The summed E-state index contributed by atoms with van der Waals surface area (Å²) in [5.74, 6) is 0.0558. The lowest BCUT2D eigenvalue weighted by molar-refractivity contribution is -0.148. The molecule has 5 rings (SSSR count). The number of likely N-dealkylation sites (N-methyl/N-ethyl adjacent to an activating group) is 1. The summed E-state index contributed by atoms with van der Waals surface area (Å²) >= 11 is 3.54. The molecule has 11 heteroatoms. The summed E-state index contributed by atoms with van der Waals surface area (Å²) in [5.41, 5.74) is -0.244. The fourth-order valence-electron chi connectivity index (χ4n) is 5.97. The molecule has 0 saturated carbocycles. The minimum absolute atomic E-state index is 0. The number of amides is 2. The molecule has 1 aliphatic carbocycles. The lowest BCUT2D eigenvalue weighted by atomic mass is 9.84. The van der Waals surface area contributed by atoms with Crippen molar-refractivity contribution in [3.63, 3.8) is 0 Å². The van der Waals surface area contributed by atoms with Crippen molar-refractivity contribution in [2.75, 3.05) is 27.4 Å². The maximum absolute atomic E-state index is 14.7. The van der Waals surface area contributed by atoms with Crippen LogP contribution in [0.1, 0.15) is 38.2 Å². The van der Waals surface area contributed by atoms with Crippen molar-refractivity contribution in [1.29, 1.82) is 0 Å². The smallest absolute Gasteiger partial charge is 0.250 e. The highest BCUT2D eigenvalue weighted by Crippen LogP contribution is 2.41. The maximum Gasteiger partial charge on any atom is 0.250 e. The number of allylic oxidation sites excluding steroid dienone is 2. The monoisotopic (exact) mass is 651 g/mol. The third kappa shape index (κ3) is 6.11. The predicted octanol–water partition coefficient (Wildman–Crippen LogP) is 4.93. The van der Waals surface area contributed by atoms with Crippen LogP contribution >= 0.6 is 28.3 Å². The molecular weight excluding hydrogens is 617 g/mol. The average molecular weight is 653 g/mol. The van der Waals surface area contributed by atoms with E-state index in [9.17, 15) is 14.0 Å². The molecule has 0 aromatic heterocycles. The van der Waals surface area contributed by atoms with Gasteiger partial charge in [-0.25, -0.2) is 4.39 Å². The standard InChI is InChI=1S/C30H35BrFN3O5.ClH/c1-4-23(33-2)28(36)34-27-29(37)35(17-22-21-8-6-19(31)15-18(21)5-10-25(22)38-3)24-9-7-20(32)16-26(24)40-30(27)11-13-39-14-12-30;/h5-8,10,15-16,23-24,27,33H,4,9,11-14,17H2,1-3H3,(H,34,36);1H/t23-,24?,27+;/m0./s1. The van der Waals surface area contributed by atoms with E-state index in [1.807, 2.05) is 37.3 Å². The molecule has 2 heterocycles. The molecule has 8 nitrogen and oxygen atoms in total. The zero-order valence-corrected chi connectivity index (χ0v) is 25.8. The Morgan fingerprint density at radius 2 is 2.02 bits per heavy atom. The molecule has 2 N–H and O–H groups in total. The zero-order chi connectivity index (χ0) is 28.4. The van der Waals surface area contributed by atoms with E-state index >= 15 is 0 Å². The number of hydrogen-bond acceptors (Lipinski definition) is 6. The highest BCUT2D eigenvalue weighted by molar-refractivity contribution is 9.10. The lowest BCUT2D eigenvalue weighted by Crippen LogP contribution is -2.63. The van der Waals surface area contributed by atoms with Crippen LogP contribution in [-0.4, -0.2) is 67.8 Å². The zero-order valence-electron chi connectivity index (χ0n) is 23.4. The molecule has 2 aliphatic heterocycles. The summed E-state index contributed by atoms with van der Waals surface area (Å²) < 4.78 is 33.6. The summed E-state index contributed by atoms with van der Waals surface area (Å²) in [5, 5.41) is 7.97. The molecular formula is C30H36BrClFN3O5. The Morgan fingerprint density at radius 3 is 2.71 bits per heavy atom. The van der Waals surface area contributed by atoms with E-state index in [2.05, 4.69) is 26.6 Å². The topological polar surface area (TPSA) is 89.1 Å². The van der Waals surface area contributed by atoms with Crippen LogP contribution in [0.15, 0.2) is 58.5 Å². The van der Waals surface area contributed by atoms with Crippen LogP contribution in [0.4, 0.5) is 4.39 Å². The molecule has 2 amide bonds. The van der Waals surface area contributed by atoms with E-state index in [-0.39, 0.29) is 37.2 Å². The number of fused-ring (bicyclic) bond motifs is 2. The number of hydrogen-bond donors (Lipinski definition) is 2. The Bertz CT molecular complexity index is 1360. The minimum atomic E-state index is -1.07. The molecule has 2 fully saturated rings. The Balaban J connectivity index is 0.00000387. The molecule has 3 aliphatic rings. The Hall–Kier alpha value is -2.66. The summed E-state index contributed by atoms with van der Waals surface area (Å²) in [7, 11) is 3.32. The van der Waals surface area contributed by atoms with E-state index in [0.717, 1.165) is 20.8 Å². The minimum Gasteiger partial charge on any atom is -0.496 e. The number of halogens is 3. The van der Waals surface area contributed by atoms with Crippen molar-refractivity contribution in [3.8, 4) is 5.75 Å². The predicted molar refractivity (Wildman–Crippen MR) is 161 cm³/mol. The van der Waals surface area contributed by atoms with Crippen molar-refractivity contribution >= 4 is 50.9 Å². The highest BCUT2D eigenvalue weighted by Gasteiger charge is 2.54. The van der Waals surface area contributed by atoms with Crippen LogP contribution in [-0.2, 0) is 25.6 Å². The number of rotatable bonds is 7. The van der Waals surface area contributed by atoms with Gasteiger partial charge in [0.15, 0.2) is 0 Å². The van der Waals surface area contributed by atoms with Gasteiger partial charge < -0.3 is 29.7 Å². The van der Waals surface area contributed by atoms with Crippen LogP contribution in [0.5, 0.6) is 5.75 Å². The van der Waals surface area contributed by atoms with E-state index < -0.39 is 29.6 Å². The fourth-order valence-corrected chi connectivity index (χ4v) is 6.35. The number of carbonyl (C=O) groups excluding carboxylic acids is 2. The van der Waals surface area contributed by atoms with Crippen LogP contribution in [0.2, 0.25) is 0 Å². The number of nitrogens with one attached hydrogen (secondary N) is 2. The van der Waals surface area contributed by atoms with Crippen LogP contribution < -0.4 is 15.4 Å². The number of benzene rings is 2. The first-order valence-electron chi connectivity index (χ1n) is 13.7. The first kappa shape index (κ1) is 31.3. The Kier molecular flexibility index (Phi) is 10.00. The van der Waals surface area contributed by atoms with E-state index in [1.165, 1.54) is 12.2 Å². The van der Waals surface area contributed by atoms with Crippen LogP contribution in [0, 0.1) is 0 Å². The van der Waals surface area contributed by atoms with Crippen molar-refractivity contribution in [2.45, 2.75) is 62.9 Å². The Morgan fingerprint density at radius 1 is 1.27 bits per heavy atom. The Labute approximate surface area is 254 Å². The molecule has 1 spiro atoms. The van der Waals surface area contributed by atoms with E-state index in [1.54, 1.807) is 19.1 Å². The highest BCUT2D eigenvalue weighted by atomic mass is 79.9. The molecule has 0 bridgehead atoms. The second-order valence-electron chi connectivity index (χ2n) is 10.4. The second kappa shape index (κ2) is 13.1. The molecule has 2 aromatic rings. The number of nitrogens with zero attached hydrogens (tertiary/aromatic N) is 1. The summed E-state index contributed by atoms with van der Waals surface area (Å²) in [6.45, 7) is 2.82.